The Morgan fingerprint density at radius 2 is 2.09 bits per heavy atom. The summed E-state index contributed by atoms with van der Waals surface area (Å²) in [6.07, 6.45) is 0. The number of nitrogens with zero attached hydrogens (tertiary/aromatic N) is 3. The van der Waals surface area contributed by atoms with Gasteiger partial charge in [0.2, 0.25) is 5.91 Å². The van der Waals surface area contributed by atoms with Gasteiger partial charge in [-0.25, -0.2) is 0 Å². The van der Waals surface area contributed by atoms with Gasteiger partial charge in [0.05, 0.1) is 24.8 Å². The lowest BCUT2D eigenvalue weighted by Crippen LogP contribution is -2.45. The third kappa shape index (κ3) is 3.64. The largest absolute Gasteiger partial charge is 0.506 e. The second-order valence-corrected chi connectivity index (χ2v) is 6.63. The predicted molar refractivity (Wildman–Crippen MR) is 86.0 cm³/mol. The molecule has 3 rings (SSSR count). The lowest BCUT2D eigenvalue weighted by atomic mass is 9.96. The molecule has 0 aliphatic carbocycles. The number of hydrogen-bond donors (Lipinski definition) is 1. The standard InChI is InChI=1S/C17H25N3O3/c1-12-9-19(11-15-16(21)4-3-13(2)18-15)10-14(12)17(22)20-5-7-23-8-6-20/h3-4,12,14,21H,5-11H2,1-2H3/t12-,14-/m1/s1. The molecule has 0 aromatic carbocycles. The number of aryl methyl sites for hydroxylation is 1. The number of amides is 1. The van der Waals surface area contributed by atoms with Crippen molar-refractivity contribution in [1.29, 1.82) is 0 Å². The highest BCUT2D eigenvalue weighted by Gasteiger charge is 2.37. The van der Waals surface area contributed by atoms with Gasteiger partial charge in [-0.2, -0.15) is 0 Å². The molecular formula is C17H25N3O3. The molecule has 0 radical (unpaired) electrons. The maximum atomic E-state index is 12.7. The topological polar surface area (TPSA) is 65.9 Å². The molecule has 2 aliphatic rings. The lowest BCUT2D eigenvalue weighted by Gasteiger charge is -2.30. The van der Waals surface area contributed by atoms with Crippen LogP contribution in [0.3, 0.4) is 0 Å². The maximum Gasteiger partial charge on any atom is 0.227 e. The SMILES string of the molecule is Cc1ccc(O)c(CN2C[C@@H](C)[C@H](C(=O)N3CCOCC3)C2)n1. The van der Waals surface area contributed by atoms with E-state index in [9.17, 15) is 9.90 Å². The summed E-state index contributed by atoms with van der Waals surface area (Å²) in [5.74, 6) is 0.813. The molecule has 0 spiro atoms. The first-order chi connectivity index (χ1) is 11.0. The monoisotopic (exact) mass is 319 g/mol. The molecule has 6 nitrogen and oxygen atoms in total. The van der Waals surface area contributed by atoms with Gasteiger partial charge in [0.25, 0.3) is 0 Å². The zero-order valence-electron chi connectivity index (χ0n) is 13.9. The predicted octanol–water partition coefficient (Wildman–Crippen LogP) is 1.02. The zero-order valence-corrected chi connectivity index (χ0v) is 13.9. The summed E-state index contributed by atoms with van der Waals surface area (Å²) in [5, 5.41) is 9.96. The van der Waals surface area contributed by atoms with Crippen LogP contribution in [0, 0.1) is 18.8 Å². The maximum absolute atomic E-state index is 12.7. The van der Waals surface area contributed by atoms with E-state index >= 15 is 0 Å². The third-order valence-electron chi connectivity index (χ3n) is 4.79. The van der Waals surface area contributed by atoms with E-state index < -0.39 is 0 Å². The highest BCUT2D eigenvalue weighted by molar-refractivity contribution is 5.79. The number of likely N-dealkylation sites (tertiary alicyclic amines) is 1. The molecule has 0 saturated carbocycles. The van der Waals surface area contributed by atoms with Gasteiger partial charge in [-0.3, -0.25) is 14.7 Å². The van der Waals surface area contributed by atoms with Crippen molar-refractivity contribution in [1.82, 2.24) is 14.8 Å². The van der Waals surface area contributed by atoms with Crippen molar-refractivity contribution < 1.29 is 14.6 Å². The second-order valence-electron chi connectivity index (χ2n) is 6.63. The molecule has 2 aliphatic heterocycles. The Labute approximate surface area is 137 Å². The van der Waals surface area contributed by atoms with E-state index in [0.717, 1.165) is 18.8 Å². The molecule has 1 N–H and O–H groups in total. The average Bonchev–Trinajstić information content (AvgIpc) is 2.91. The third-order valence-corrected chi connectivity index (χ3v) is 4.79. The minimum atomic E-state index is 0.0278. The van der Waals surface area contributed by atoms with Crippen molar-refractivity contribution >= 4 is 5.91 Å². The molecule has 2 saturated heterocycles. The van der Waals surface area contributed by atoms with Crippen molar-refractivity contribution in [3.63, 3.8) is 0 Å². The summed E-state index contributed by atoms with van der Waals surface area (Å²) < 4.78 is 5.32. The van der Waals surface area contributed by atoms with Crippen LogP contribution in [0.1, 0.15) is 18.3 Å². The van der Waals surface area contributed by atoms with E-state index in [4.69, 9.17) is 4.74 Å². The summed E-state index contributed by atoms with van der Waals surface area (Å²) in [6.45, 7) is 8.89. The number of morpholine rings is 1. The molecule has 6 heteroatoms. The number of ether oxygens (including phenoxy) is 1. The van der Waals surface area contributed by atoms with Gasteiger partial charge in [0.1, 0.15) is 5.75 Å². The van der Waals surface area contributed by atoms with Gasteiger partial charge < -0.3 is 14.7 Å². The van der Waals surface area contributed by atoms with Crippen LogP contribution in [-0.2, 0) is 16.1 Å². The molecule has 126 valence electrons. The fraction of sp³-hybridized carbons (Fsp3) is 0.647. The number of aromatic hydroxyl groups is 1. The molecule has 2 fully saturated rings. The van der Waals surface area contributed by atoms with Crippen LogP contribution >= 0.6 is 0 Å². The van der Waals surface area contributed by atoms with Crippen molar-refractivity contribution in [3.05, 3.63) is 23.5 Å². The first kappa shape index (κ1) is 16.2. The lowest BCUT2D eigenvalue weighted by molar-refractivity contribution is -0.140. The van der Waals surface area contributed by atoms with Gasteiger partial charge in [-0.05, 0) is 25.0 Å². The Morgan fingerprint density at radius 1 is 1.35 bits per heavy atom. The Morgan fingerprint density at radius 3 is 2.83 bits per heavy atom. The van der Waals surface area contributed by atoms with Crippen LogP contribution < -0.4 is 0 Å². The summed E-state index contributed by atoms with van der Waals surface area (Å²) >= 11 is 0. The minimum absolute atomic E-state index is 0.0278. The second kappa shape index (κ2) is 6.84. The number of hydrogen-bond acceptors (Lipinski definition) is 5. The van der Waals surface area contributed by atoms with E-state index in [1.807, 2.05) is 11.8 Å². The van der Waals surface area contributed by atoms with Crippen molar-refractivity contribution in [2.24, 2.45) is 11.8 Å². The number of carbonyl (C=O) groups is 1. The van der Waals surface area contributed by atoms with Gasteiger partial charge in [-0.15, -0.1) is 0 Å². The van der Waals surface area contributed by atoms with Crippen molar-refractivity contribution in [2.45, 2.75) is 20.4 Å². The molecule has 0 unspecified atom stereocenters. The van der Waals surface area contributed by atoms with Gasteiger partial charge in [0, 0.05) is 38.4 Å². The van der Waals surface area contributed by atoms with Crippen LogP contribution in [0.2, 0.25) is 0 Å². The molecule has 3 heterocycles. The van der Waals surface area contributed by atoms with Gasteiger partial charge >= 0.3 is 0 Å². The minimum Gasteiger partial charge on any atom is -0.506 e. The van der Waals surface area contributed by atoms with Crippen LogP contribution in [0.4, 0.5) is 0 Å². The number of aromatic nitrogens is 1. The van der Waals surface area contributed by atoms with Crippen molar-refractivity contribution in [2.75, 3.05) is 39.4 Å². The number of rotatable bonds is 3. The van der Waals surface area contributed by atoms with E-state index in [1.54, 1.807) is 12.1 Å². The summed E-state index contributed by atoms with van der Waals surface area (Å²) in [5.41, 5.74) is 1.59. The number of pyridine rings is 1. The van der Waals surface area contributed by atoms with E-state index in [2.05, 4.69) is 16.8 Å². The smallest absolute Gasteiger partial charge is 0.227 e. The normalized spacial score (nSPS) is 25.7. The molecule has 1 amide bonds. The van der Waals surface area contributed by atoms with Gasteiger partial charge in [-0.1, -0.05) is 6.92 Å². The van der Waals surface area contributed by atoms with E-state index in [0.29, 0.717) is 44.5 Å². The molecular weight excluding hydrogens is 294 g/mol. The fourth-order valence-corrected chi connectivity index (χ4v) is 3.47. The van der Waals surface area contributed by atoms with E-state index in [-0.39, 0.29) is 17.6 Å². The summed E-state index contributed by atoms with van der Waals surface area (Å²) in [6, 6.07) is 3.49. The first-order valence-electron chi connectivity index (χ1n) is 8.29. The first-order valence-corrected chi connectivity index (χ1v) is 8.29. The highest BCUT2D eigenvalue weighted by Crippen LogP contribution is 2.28. The van der Waals surface area contributed by atoms with E-state index in [1.165, 1.54) is 0 Å². The molecule has 0 bridgehead atoms. The summed E-state index contributed by atoms with van der Waals surface area (Å²) in [4.78, 5) is 21.3. The molecule has 2 atom stereocenters. The average molecular weight is 319 g/mol. The molecule has 1 aromatic rings. The van der Waals surface area contributed by atoms with Crippen molar-refractivity contribution in [3.8, 4) is 5.75 Å². The van der Waals surface area contributed by atoms with Crippen LogP contribution in [0.15, 0.2) is 12.1 Å². The quantitative estimate of drug-likeness (QED) is 0.901. The molecule has 23 heavy (non-hydrogen) atoms. The number of carbonyl (C=O) groups excluding carboxylic acids is 1. The van der Waals surface area contributed by atoms with Gasteiger partial charge in [0.15, 0.2) is 0 Å². The summed E-state index contributed by atoms with van der Waals surface area (Å²) in [7, 11) is 0. The highest BCUT2D eigenvalue weighted by atomic mass is 16.5. The Bertz CT molecular complexity index is 572. The zero-order chi connectivity index (χ0) is 16.4. The molecule has 1 aromatic heterocycles. The Balaban J connectivity index is 1.63. The fourth-order valence-electron chi connectivity index (χ4n) is 3.47. The Kier molecular flexibility index (Phi) is 4.82. The van der Waals surface area contributed by atoms with Crippen LogP contribution in [-0.4, -0.2) is 65.2 Å². The van der Waals surface area contributed by atoms with Crippen LogP contribution in [0.5, 0.6) is 5.75 Å². The Hall–Kier alpha value is -1.66. The van der Waals surface area contributed by atoms with Crippen LogP contribution in [0.25, 0.3) is 0 Å².